The number of aromatic amines is 1. The van der Waals surface area contributed by atoms with Crippen molar-refractivity contribution < 1.29 is 0 Å². The van der Waals surface area contributed by atoms with Gasteiger partial charge in [-0.05, 0) is 72.8 Å². The Morgan fingerprint density at radius 1 is 1.14 bits per heavy atom. The predicted octanol–water partition coefficient (Wildman–Crippen LogP) is 4.63. The van der Waals surface area contributed by atoms with E-state index in [-0.39, 0.29) is 0 Å². The maximum absolute atomic E-state index is 6.07. The highest BCUT2D eigenvalue weighted by molar-refractivity contribution is 7.97. The molecule has 0 spiro atoms. The highest BCUT2D eigenvalue weighted by Crippen LogP contribution is 2.23. The van der Waals surface area contributed by atoms with Crippen LogP contribution in [-0.4, -0.2) is 11.5 Å². The van der Waals surface area contributed by atoms with Crippen LogP contribution in [0.2, 0.25) is 5.02 Å². The van der Waals surface area contributed by atoms with Crippen LogP contribution in [0.3, 0.4) is 0 Å². The molecule has 3 nitrogen and oxygen atoms in total. The molecule has 0 saturated heterocycles. The zero-order chi connectivity index (χ0) is 15.4. The van der Waals surface area contributed by atoms with Gasteiger partial charge >= 0.3 is 0 Å². The number of fused-ring (bicyclic) bond motifs is 1. The number of nitrogens with two attached hydrogens (primary N) is 1. The summed E-state index contributed by atoms with van der Waals surface area (Å²) < 4.78 is 3.38. The first-order chi connectivity index (χ1) is 10.7. The number of nitrogen functional groups attached to an aromatic ring is 1. The first-order valence-corrected chi connectivity index (χ1v) is 8.42. The number of aromatic nitrogens is 1. The monoisotopic (exact) mass is 331 g/mol. The third kappa shape index (κ3) is 3.77. The Bertz CT molecular complexity index is 752. The smallest absolute Gasteiger partial charge is 0.0457 e. The van der Waals surface area contributed by atoms with Gasteiger partial charge in [-0.3, -0.25) is 4.72 Å². The molecular formula is C17H18ClN3S. The molecule has 0 fully saturated rings. The zero-order valence-electron chi connectivity index (χ0n) is 12.1. The summed E-state index contributed by atoms with van der Waals surface area (Å²) in [5, 5.41) is 2.00. The largest absolute Gasteiger partial charge is 0.399 e. The molecule has 0 aliphatic carbocycles. The number of rotatable bonds is 6. The molecule has 2 aromatic carbocycles. The van der Waals surface area contributed by atoms with E-state index in [2.05, 4.69) is 15.9 Å². The SMILES string of the molecule is Nc1ccc(SNCCCc2c[nH]c3ccc(Cl)cc23)cc1. The summed E-state index contributed by atoms with van der Waals surface area (Å²) in [6.07, 6.45) is 4.17. The number of hydrogen-bond acceptors (Lipinski definition) is 3. The molecule has 0 saturated carbocycles. The van der Waals surface area contributed by atoms with Gasteiger partial charge in [-0.25, -0.2) is 0 Å². The van der Waals surface area contributed by atoms with E-state index in [1.165, 1.54) is 15.8 Å². The van der Waals surface area contributed by atoms with Gasteiger partial charge in [0.25, 0.3) is 0 Å². The van der Waals surface area contributed by atoms with Crippen LogP contribution in [0.1, 0.15) is 12.0 Å². The average Bonchev–Trinajstić information content (AvgIpc) is 2.91. The molecule has 3 rings (SSSR count). The summed E-state index contributed by atoms with van der Waals surface area (Å²) in [5.41, 5.74) is 8.92. The molecule has 3 aromatic rings. The molecule has 114 valence electrons. The van der Waals surface area contributed by atoms with Crippen LogP contribution >= 0.6 is 23.5 Å². The fourth-order valence-corrected chi connectivity index (χ4v) is 3.24. The van der Waals surface area contributed by atoms with Crippen molar-refractivity contribution in [1.82, 2.24) is 9.71 Å². The number of nitrogens with one attached hydrogen (secondary N) is 2. The Morgan fingerprint density at radius 2 is 1.95 bits per heavy atom. The lowest BCUT2D eigenvalue weighted by Crippen LogP contribution is -2.06. The lowest BCUT2D eigenvalue weighted by molar-refractivity contribution is 0.801. The molecule has 0 amide bonds. The van der Waals surface area contributed by atoms with Crippen molar-refractivity contribution in [3.05, 3.63) is 59.2 Å². The number of benzene rings is 2. The lowest BCUT2D eigenvalue weighted by Gasteiger charge is -2.04. The molecule has 0 bridgehead atoms. The van der Waals surface area contributed by atoms with Crippen molar-refractivity contribution in [3.63, 3.8) is 0 Å². The van der Waals surface area contributed by atoms with Gasteiger partial charge in [0.05, 0.1) is 0 Å². The standard InChI is InChI=1S/C17H18ClN3S/c18-13-3-8-17-16(10-13)12(11-20-17)2-1-9-21-22-15-6-4-14(19)5-7-15/h3-8,10-11,20-21H,1-2,9,19H2. The predicted molar refractivity (Wildman–Crippen MR) is 96.3 cm³/mol. The molecule has 0 atom stereocenters. The van der Waals surface area contributed by atoms with Crippen LogP contribution < -0.4 is 10.5 Å². The molecular weight excluding hydrogens is 314 g/mol. The van der Waals surface area contributed by atoms with Gasteiger partial charge in [0.2, 0.25) is 0 Å². The Morgan fingerprint density at radius 3 is 2.77 bits per heavy atom. The summed E-state index contributed by atoms with van der Waals surface area (Å²) in [6.45, 7) is 0.947. The Kier molecular flexibility index (Phi) is 4.93. The minimum absolute atomic E-state index is 0.783. The number of anilines is 1. The average molecular weight is 332 g/mol. The van der Waals surface area contributed by atoms with E-state index in [1.54, 1.807) is 11.9 Å². The Balaban J connectivity index is 1.48. The van der Waals surface area contributed by atoms with E-state index in [0.29, 0.717) is 0 Å². The molecule has 0 aliphatic rings. The van der Waals surface area contributed by atoms with E-state index in [0.717, 1.165) is 35.6 Å². The second-order valence-electron chi connectivity index (χ2n) is 5.17. The van der Waals surface area contributed by atoms with Crippen LogP contribution in [-0.2, 0) is 6.42 Å². The van der Waals surface area contributed by atoms with Gasteiger partial charge in [-0.2, -0.15) is 0 Å². The summed E-state index contributed by atoms with van der Waals surface area (Å²) in [6, 6.07) is 13.8. The fraction of sp³-hybridized carbons (Fsp3) is 0.176. The van der Waals surface area contributed by atoms with Crippen molar-refractivity contribution in [3.8, 4) is 0 Å². The van der Waals surface area contributed by atoms with Gasteiger partial charge < -0.3 is 10.7 Å². The highest BCUT2D eigenvalue weighted by Gasteiger charge is 2.04. The van der Waals surface area contributed by atoms with Crippen molar-refractivity contribution >= 4 is 40.1 Å². The van der Waals surface area contributed by atoms with Gasteiger partial charge in [0, 0.05) is 39.3 Å². The zero-order valence-corrected chi connectivity index (χ0v) is 13.7. The quantitative estimate of drug-likeness (QED) is 0.350. The number of hydrogen-bond donors (Lipinski definition) is 3. The minimum atomic E-state index is 0.783. The normalized spacial score (nSPS) is 11.1. The van der Waals surface area contributed by atoms with E-state index < -0.39 is 0 Å². The van der Waals surface area contributed by atoms with Crippen LogP contribution in [0.5, 0.6) is 0 Å². The second kappa shape index (κ2) is 7.09. The molecule has 0 radical (unpaired) electrons. The fourth-order valence-electron chi connectivity index (χ4n) is 2.38. The second-order valence-corrected chi connectivity index (χ2v) is 6.57. The van der Waals surface area contributed by atoms with Crippen molar-refractivity contribution in [2.45, 2.75) is 17.7 Å². The summed E-state index contributed by atoms with van der Waals surface area (Å²) in [7, 11) is 0. The summed E-state index contributed by atoms with van der Waals surface area (Å²) in [4.78, 5) is 4.47. The number of halogens is 1. The molecule has 0 unspecified atom stereocenters. The van der Waals surface area contributed by atoms with Crippen LogP contribution in [0.4, 0.5) is 5.69 Å². The lowest BCUT2D eigenvalue weighted by atomic mass is 10.1. The van der Waals surface area contributed by atoms with Gasteiger partial charge in [0.15, 0.2) is 0 Å². The number of H-pyrrole nitrogens is 1. The molecule has 0 aliphatic heterocycles. The number of aryl methyl sites for hydroxylation is 1. The highest BCUT2D eigenvalue weighted by atomic mass is 35.5. The molecule has 5 heteroatoms. The van der Waals surface area contributed by atoms with Crippen molar-refractivity contribution in [2.75, 3.05) is 12.3 Å². The van der Waals surface area contributed by atoms with E-state index in [4.69, 9.17) is 17.3 Å². The first kappa shape index (κ1) is 15.3. The van der Waals surface area contributed by atoms with Crippen LogP contribution in [0, 0.1) is 0 Å². The van der Waals surface area contributed by atoms with Gasteiger partial charge in [0.1, 0.15) is 0 Å². The molecule has 22 heavy (non-hydrogen) atoms. The molecule has 4 N–H and O–H groups in total. The van der Waals surface area contributed by atoms with Gasteiger partial charge in [-0.1, -0.05) is 11.6 Å². The van der Waals surface area contributed by atoms with E-state index in [1.807, 2.05) is 42.5 Å². The van der Waals surface area contributed by atoms with Crippen molar-refractivity contribution in [1.29, 1.82) is 0 Å². The Labute approximate surface area is 139 Å². The first-order valence-electron chi connectivity index (χ1n) is 7.23. The summed E-state index contributed by atoms with van der Waals surface area (Å²) in [5.74, 6) is 0. The van der Waals surface area contributed by atoms with Crippen molar-refractivity contribution in [2.24, 2.45) is 0 Å². The maximum atomic E-state index is 6.07. The third-order valence-corrected chi connectivity index (χ3v) is 4.62. The molecule has 1 aromatic heterocycles. The Hall–Kier alpha value is -1.62. The van der Waals surface area contributed by atoms with Crippen LogP contribution in [0.25, 0.3) is 10.9 Å². The van der Waals surface area contributed by atoms with E-state index >= 15 is 0 Å². The molecule has 1 heterocycles. The summed E-state index contributed by atoms with van der Waals surface area (Å²) >= 11 is 7.71. The maximum Gasteiger partial charge on any atom is 0.0457 e. The minimum Gasteiger partial charge on any atom is -0.399 e. The third-order valence-electron chi connectivity index (χ3n) is 3.52. The van der Waals surface area contributed by atoms with Gasteiger partial charge in [-0.15, -0.1) is 0 Å². The topological polar surface area (TPSA) is 53.8 Å². The van der Waals surface area contributed by atoms with E-state index in [9.17, 15) is 0 Å². The van der Waals surface area contributed by atoms with Crippen LogP contribution in [0.15, 0.2) is 53.6 Å².